The molecule has 0 aliphatic heterocycles. The van der Waals surface area contributed by atoms with E-state index in [1.807, 2.05) is 12.1 Å². The number of nitrogens with two attached hydrogens (primary N) is 1. The van der Waals surface area contributed by atoms with Crippen molar-refractivity contribution in [3.8, 4) is 0 Å². The third kappa shape index (κ3) is 3.36. The fraction of sp³-hybridized carbons (Fsp3) is 0.467. The van der Waals surface area contributed by atoms with E-state index in [9.17, 15) is 9.59 Å². The van der Waals surface area contributed by atoms with Crippen LogP contribution in [0, 0.1) is 6.92 Å². The van der Waals surface area contributed by atoms with Crippen LogP contribution in [0.15, 0.2) is 24.3 Å². The van der Waals surface area contributed by atoms with Gasteiger partial charge in [0.15, 0.2) is 0 Å². The summed E-state index contributed by atoms with van der Waals surface area (Å²) in [4.78, 5) is 22.7. The summed E-state index contributed by atoms with van der Waals surface area (Å²) in [5.41, 5.74) is 7.81. The highest BCUT2D eigenvalue weighted by molar-refractivity contribution is 5.85. The van der Waals surface area contributed by atoms with Crippen LogP contribution in [-0.2, 0) is 15.0 Å². The first-order valence-corrected chi connectivity index (χ1v) is 6.87. The average Bonchev–Trinajstić information content (AvgIpc) is 3.24. The minimum absolute atomic E-state index is 0.0140. The monoisotopic (exact) mass is 275 g/mol. The highest BCUT2D eigenvalue weighted by atomic mass is 16.2. The molecule has 0 bridgehead atoms. The molecule has 1 aromatic carbocycles. The van der Waals surface area contributed by atoms with E-state index in [0.717, 1.165) is 12.8 Å². The lowest BCUT2D eigenvalue weighted by Gasteiger charge is -2.19. The van der Waals surface area contributed by atoms with Gasteiger partial charge in [0.25, 0.3) is 0 Å². The minimum atomic E-state index is -0.319. The summed E-state index contributed by atoms with van der Waals surface area (Å²) in [6, 6.07) is 8.28. The fourth-order valence-electron chi connectivity index (χ4n) is 2.44. The van der Waals surface area contributed by atoms with Gasteiger partial charge < -0.3 is 16.4 Å². The maximum atomic E-state index is 11.7. The molecule has 2 rings (SSSR count). The van der Waals surface area contributed by atoms with E-state index < -0.39 is 0 Å². The van der Waals surface area contributed by atoms with Crippen molar-refractivity contribution in [3.63, 3.8) is 0 Å². The SMILES string of the molecule is Cc1ccccc1C1(CNC(=O)CNC(=O)CN)CC1. The predicted molar refractivity (Wildman–Crippen MR) is 77.2 cm³/mol. The quantitative estimate of drug-likeness (QED) is 0.694. The topological polar surface area (TPSA) is 84.2 Å². The Morgan fingerprint density at radius 2 is 1.90 bits per heavy atom. The lowest BCUT2D eigenvalue weighted by Crippen LogP contribution is -2.41. The van der Waals surface area contributed by atoms with Crippen molar-refractivity contribution in [3.05, 3.63) is 35.4 Å². The van der Waals surface area contributed by atoms with Gasteiger partial charge in [-0.25, -0.2) is 0 Å². The number of nitrogens with one attached hydrogen (secondary N) is 2. The van der Waals surface area contributed by atoms with Crippen LogP contribution in [0.5, 0.6) is 0 Å². The Kier molecular flexibility index (Phi) is 4.39. The van der Waals surface area contributed by atoms with Crippen molar-refractivity contribution in [2.45, 2.75) is 25.2 Å². The smallest absolute Gasteiger partial charge is 0.239 e. The van der Waals surface area contributed by atoms with E-state index in [-0.39, 0.29) is 30.3 Å². The summed E-state index contributed by atoms with van der Waals surface area (Å²) in [6.45, 7) is 2.61. The van der Waals surface area contributed by atoms with Crippen molar-refractivity contribution in [2.24, 2.45) is 5.73 Å². The third-order valence-corrected chi connectivity index (χ3v) is 3.83. The molecular formula is C15H21N3O2. The Morgan fingerprint density at radius 3 is 2.50 bits per heavy atom. The molecule has 1 saturated carbocycles. The van der Waals surface area contributed by atoms with Crippen molar-refractivity contribution < 1.29 is 9.59 Å². The number of amides is 2. The zero-order valence-corrected chi connectivity index (χ0v) is 11.7. The van der Waals surface area contributed by atoms with Crippen LogP contribution < -0.4 is 16.4 Å². The molecule has 0 spiro atoms. The first-order valence-electron chi connectivity index (χ1n) is 6.87. The van der Waals surface area contributed by atoms with Crippen molar-refractivity contribution in [1.82, 2.24) is 10.6 Å². The van der Waals surface area contributed by atoms with Gasteiger partial charge in [-0.1, -0.05) is 24.3 Å². The standard InChI is InChI=1S/C15H21N3O2/c1-11-4-2-3-5-12(11)15(6-7-15)10-18-14(20)9-17-13(19)8-16/h2-5H,6-10,16H2,1H3,(H,17,19)(H,18,20). The molecule has 0 aromatic heterocycles. The Labute approximate surface area is 118 Å². The molecule has 1 aliphatic rings. The van der Waals surface area contributed by atoms with Crippen molar-refractivity contribution in [2.75, 3.05) is 19.6 Å². The van der Waals surface area contributed by atoms with Gasteiger partial charge in [0.1, 0.15) is 0 Å². The number of aryl methyl sites for hydroxylation is 1. The minimum Gasteiger partial charge on any atom is -0.354 e. The maximum Gasteiger partial charge on any atom is 0.239 e. The van der Waals surface area contributed by atoms with E-state index in [2.05, 4.69) is 29.7 Å². The van der Waals surface area contributed by atoms with E-state index in [1.165, 1.54) is 11.1 Å². The first-order chi connectivity index (χ1) is 9.57. The second-order valence-corrected chi connectivity index (χ2v) is 5.35. The van der Waals surface area contributed by atoms with Crippen molar-refractivity contribution in [1.29, 1.82) is 0 Å². The van der Waals surface area contributed by atoms with Gasteiger partial charge in [-0.3, -0.25) is 9.59 Å². The molecule has 0 heterocycles. The highest BCUT2D eigenvalue weighted by Crippen LogP contribution is 2.48. The molecule has 0 atom stereocenters. The molecule has 2 amide bonds. The van der Waals surface area contributed by atoms with Gasteiger partial charge in [-0.15, -0.1) is 0 Å². The van der Waals surface area contributed by atoms with Crippen LogP contribution in [-0.4, -0.2) is 31.4 Å². The van der Waals surface area contributed by atoms with Gasteiger partial charge in [0.05, 0.1) is 13.1 Å². The van der Waals surface area contributed by atoms with Crippen LogP contribution in [0.4, 0.5) is 0 Å². The molecule has 1 aliphatic carbocycles. The number of hydrogen-bond acceptors (Lipinski definition) is 3. The number of carbonyl (C=O) groups is 2. The molecule has 20 heavy (non-hydrogen) atoms. The van der Waals surface area contributed by atoms with Crippen LogP contribution in [0.25, 0.3) is 0 Å². The molecule has 4 N–H and O–H groups in total. The lowest BCUT2D eigenvalue weighted by atomic mass is 9.92. The van der Waals surface area contributed by atoms with Gasteiger partial charge in [0.2, 0.25) is 11.8 Å². The molecule has 5 heteroatoms. The molecular weight excluding hydrogens is 254 g/mol. The Hall–Kier alpha value is -1.88. The molecule has 5 nitrogen and oxygen atoms in total. The van der Waals surface area contributed by atoms with E-state index in [4.69, 9.17) is 5.73 Å². The van der Waals surface area contributed by atoms with Gasteiger partial charge >= 0.3 is 0 Å². The van der Waals surface area contributed by atoms with Gasteiger partial charge in [0, 0.05) is 12.0 Å². The molecule has 0 saturated heterocycles. The highest BCUT2D eigenvalue weighted by Gasteiger charge is 2.44. The Balaban J connectivity index is 1.86. The van der Waals surface area contributed by atoms with E-state index in [0.29, 0.717) is 6.54 Å². The normalized spacial score (nSPS) is 15.5. The summed E-state index contributed by atoms with van der Waals surface area (Å²) in [5.74, 6) is -0.494. The first kappa shape index (κ1) is 14.5. The van der Waals surface area contributed by atoms with E-state index >= 15 is 0 Å². The average molecular weight is 275 g/mol. The number of carbonyl (C=O) groups excluding carboxylic acids is 2. The summed E-state index contributed by atoms with van der Waals surface area (Å²) < 4.78 is 0. The fourth-order valence-corrected chi connectivity index (χ4v) is 2.44. The molecule has 1 aromatic rings. The van der Waals surface area contributed by atoms with Crippen LogP contribution in [0.3, 0.4) is 0 Å². The molecule has 1 fully saturated rings. The summed E-state index contributed by atoms with van der Waals surface area (Å²) >= 11 is 0. The summed E-state index contributed by atoms with van der Waals surface area (Å²) in [7, 11) is 0. The van der Waals surface area contributed by atoms with E-state index in [1.54, 1.807) is 0 Å². The van der Waals surface area contributed by atoms with Crippen LogP contribution in [0.2, 0.25) is 0 Å². The molecule has 0 unspecified atom stereocenters. The number of rotatable bonds is 6. The summed E-state index contributed by atoms with van der Waals surface area (Å²) in [5, 5.41) is 5.36. The summed E-state index contributed by atoms with van der Waals surface area (Å²) in [6.07, 6.45) is 2.18. The van der Waals surface area contributed by atoms with Crippen LogP contribution >= 0.6 is 0 Å². The second kappa shape index (κ2) is 6.05. The van der Waals surface area contributed by atoms with Crippen LogP contribution in [0.1, 0.15) is 24.0 Å². The largest absolute Gasteiger partial charge is 0.354 e. The lowest BCUT2D eigenvalue weighted by molar-refractivity contribution is -0.125. The second-order valence-electron chi connectivity index (χ2n) is 5.35. The molecule has 108 valence electrons. The van der Waals surface area contributed by atoms with Crippen molar-refractivity contribution >= 4 is 11.8 Å². The molecule has 0 radical (unpaired) electrons. The maximum absolute atomic E-state index is 11.7. The van der Waals surface area contributed by atoms with Gasteiger partial charge in [-0.2, -0.15) is 0 Å². The third-order valence-electron chi connectivity index (χ3n) is 3.83. The zero-order chi connectivity index (χ0) is 14.6. The number of benzene rings is 1. The number of hydrogen-bond donors (Lipinski definition) is 3. The Bertz CT molecular complexity index is 510. The zero-order valence-electron chi connectivity index (χ0n) is 11.7. The predicted octanol–water partition coefficient (Wildman–Crippen LogP) is 0.218. The van der Waals surface area contributed by atoms with Gasteiger partial charge in [-0.05, 0) is 30.9 Å². The Morgan fingerprint density at radius 1 is 1.20 bits per heavy atom.